The normalized spacial score (nSPS) is 16.9. The van der Waals surface area contributed by atoms with E-state index in [1.54, 1.807) is 6.07 Å². The number of nitrogens with one attached hydrogen (secondary N) is 2. The van der Waals surface area contributed by atoms with Gasteiger partial charge in [0.2, 0.25) is 5.91 Å². The molecule has 0 spiro atoms. The van der Waals surface area contributed by atoms with Crippen molar-refractivity contribution in [3.8, 4) is 0 Å². The molecule has 1 fully saturated rings. The highest BCUT2D eigenvalue weighted by Crippen LogP contribution is 2.23. The van der Waals surface area contributed by atoms with Crippen LogP contribution in [0.5, 0.6) is 0 Å². The first kappa shape index (κ1) is 17.9. The van der Waals surface area contributed by atoms with Gasteiger partial charge in [-0.1, -0.05) is 13.3 Å². The molecule has 1 saturated heterocycles. The number of carbonyl (C=O) groups is 1. The van der Waals surface area contributed by atoms with E-state index in [1.807, 2.05) is 6.92 Å². The van der Waals surface area contributed by atoms with E-state index in [-0.39, 0.29) is 24.2 Å². The molecule has 1 amide bonds. The number of likely N-dealkylation sites (tertiary alicyclic amines) is 1. The number of fused-ring (bicyclic) bond motifs is 1. The van der Waals surface area contributed by atoms with Gasteiger partial charge in [-0.25, -0.2) is 4.39 Å². The minimum absolute atomic E-state index is 0.0112. The predicted octanol–water partition coefficient (Wildman–Crippen LogP) is 3.54. The van der Waals surface area contributed by atoms with Gasteiger partial charge in [0.05, 0.1) is 6.42 Å². The lowest BCUT2D eigenvalue weighted by atomic mass is 10.1. The van der Waals surface area contributed by atoms with E-state index < -0.39 is 0 Å². The molecule has 0 radical (unpaired) electrons. The van der Waals surface area contributed by atoms with Crippen LogP contribution in [0.4, 0.5) is 4.39 Å². The van der Waals surface area contributed by atoms with Crippen molar-refractivity contribution in [1.82, 2.24) is 15.2 Å². The summed E-state index contributed by atoms with van der Waals surface area (Å²) >= 11 is 0. The van der Waals surface area contributed by atoms with Crippen molar-refractivity contribution in [2.45, 2.75) is 52.0 Å². The first-order valence-corrected chi connectivity index (χ1v) is 9.35. The van der Waals surface area contributed by atoms with Crippen LogP contribution >= 0.6 is 0 Å². The lowest BCUT2D eigenvalue weighted by Gasteiger charge is -2.30. The lowest BCUT2D eigenvalue weighted by Crippen LogP contribution is -2.45. The number of piperidine rings is 1. The monoisotopic (exact) mass is 345 g/mol. The van der Waals surface area contributed by atoms with Crippen LogP contribution in [0.3, 0.4) is 0 Å². The molecule has 1 aromatic carbocycles. The van der Waals surface area contributed by atoms with Crippen molar-refractivity contribution in [3.63, 3.8) is 0 Å². The molecule has 3 rings (SSSR count). The molecule has 1 atom stereocenters. The van der Waals surface area contributed by atoms with E-state index in [0.29, 0.717) is 0 Å². The third-order valence-electron chi connectivity index (χ3n) is 5.20. The highest BCUT2D eigenvalue weighted by molar-refractivity contribution is 5.90. The van der Waals surface area contributed by atoms with Crippen LogP contribution in [0.1, 0.15) is 43.9 Å². The number of carbonyl (C=O) groups excluding carboxylic acids is 1. The molecule has 0 aliphatic carbocycles. The fourth-order valence-corrected chi connectivity index (χ4v) is 3.75. The second-order valence-electron chi connectivity index (χ2n) is 7.13. The van der Waals surface area contributed by atoms with Crippen molar-refractivity contribution < 1.29 is 9.18 Å². The molecule has 4 nitrogen and oxygen atoms in total. The molecule has 2 aromatic rings. The Balaban J connectivity index is 1.65. The zero-order valence-electron chi connectivity index (χ0n) is 15.2. The summed E-state index contributed by atoms with van der Waals surface area (Å²) in [6.07, 6.45) is 5.03. The molecule has 0 bridgehead atoms. The summed E-state index contributed by atoms with van der Waals surface area (Å²) in [5.74, 6) is -0.262. The third-order valence-corrected chi connectivity index (χ3v) is 5.20. The fourth-order valence-electron chi connectivity index (χ4n) is 3.75. The molecule has 2 N–H and O–H groups in total. The highest BCUT2D eigenvalue weighted by Gasteiger charge is 2.19. The number of H-pyrrole nitrogens is 1. The fraction of sp³-hybridized carbons (Fsp3) is 0.550. The van der Waals surface area contributed by atoms with Crippen LogP contribution in [0.15, 0.2) is 18.2 Å². The Bertz CT molecular complexity index is 734. The maximum Gasteiger partial charge on any atom is 0.224 e. The largest absolute Gasteiger partial charge is 0.358 e. The smallest absolute Gasteiger partial charge is 0.224 e. The van der Waals surface area contributed by atoms with Gasteiger partial charge in [-0.15, -0.1) is 0 Å². The number of hydrogen-bond donors (Lipinski definition) is 2. The van der Waals surface area contributed by atoms with Crippen molar-refractivity contribution in [2.24, 2.45) is 0 Å². The van der Waals surface area contributed by atoms with Crippen LogP contribution in [0.25, 0.3) is 10.9 Å². The summed E-state index contributed by atoms with van der Waals surface area (Å²) in [5, 5.41) is 3.97. The van der Waals surface area contributed by atoms with Gasteiger partial charge in [-0.05, 0) is 63.0 Å². The van der Waals surface area contributed by atoms with E-state index in [1.165, 1.54) is 31.4 Å². The number of amides is 1. The SMILES string of the molecule is CC[C@@H](CN1CCCCC1)NC(=O)Cc1c(C)[nH]c2ccc(F)cc12. The van der Waals surface area contributed by atoms with Crippen molar-refractivity contribution >= 4 is 16.8 Å². The molecular weight excluding hydrogens is 317 g/mol. The molecule has 1 aliphatic rings. The van der Waals surface area contributed by atoms with E-state index in [9.17, 15) is 9.18 Å². The first-order chi connectivity index (χ1) is 12.1. The number of aromatic nitrogens is 1. The Morgan fingerprint density at radius 1 is 1.32 bits per heavy atom. The number of aryl methyl sites for hydroxylation is 1. The van der Waals surface area contributed by atoms with Gasteiger partial charge in [0.15, 0.2) is 0 Å². The summed E-state index contributed by atoms with van der Waals surface area (Å²) in [4.78, 5) is 18.3. The van der Waals surface area contributed by atoms with Crippen molar-refractivity contribution in [1.29, 1.82) is 0 Å². The Hall–Kier alpha value is -1.88. The summed E-state index contributed by atoms with van der Waals surface area (Å²) in [6.45, 7) is 7.23. The summed E-state index contributed by atoms with van der Waals surface area (Å²) in [6, 6.07) is 4.85. The maximum absolute atomic E-state index is 13.6. The van der Waals surface area contributed by atoms with Gasteiger partial charge in [0.25, 0.3) is 0 Å². The van der Waals surface area contributed by atoms with Gasteiger partial charge in [-0.3, -0.25) is 4.79 Å². The second kappa shape index (κ2) is 8.00. The van der Waals surface area contributed by atoms with Gasteiger partial charge in [0.1, 0.15) is 5.82 Å². The van der Waals surface area contributed by atoms with E-state index >= 15 is 0 Å². The molecule has 0 unspecified atom stereocenters. The minimum Gasteiger partial charge on any atom is -0.358 e. The average molecular weight is 345 g/mol. The molecule has 25 heavy (non-hydrogen) atoms. The van der Waals surface area contributed by atoms with Gasteiger partial charge in [0, 0.05) is 29.2 Å². The Morgan fingerprint density at radius 2 is 2.08 bits per heavy atom. The summed E-state index contributed by atoms with van der Waals surface area (Å²) in [7, 11) is 0. The number of benzene rings is 1. The predicted molar refractivity (Wildman–Crippen MR) is 99.2 cm³/mol. The molecule has 1 aromatic heterocycles. The van der Waals surface area contributed by atoms with Gasteiger partial charge < -0.3 is 15.2 Å². The second-order valence-corrected chi connectivity index (χ2v) is 7.13. The average Bonchev–Trinajstić information content (AvgIpc) is 2.90. The zero-order chi connectivity index (χ0) is 17.8. The third kappa shape index (κ3) is 4.40. The molecule has 1 aliphatic heterocycles. The lowest BCUT2D eigenvalue weighted by molar-refractivity contribution is -0.121. The molecule has 0 saturated carbocycles. The summed E-state index contributed by atoms with van der Waals surface area (Å²) in [5.41, 5.74) is 2.70. The highest BCUT2D eigenvalue weighted by atomic mass is 19.1. The molecule has 2 heterocycles. The minimum atomic E-state index is -0.273. The van der Waals surface area contributed by atoms with Gasteiger partial charge >= 0.3 is 0 Å². The molecule has 136 valence electrons. The van der Waals surface area contributed by atoms with Crippen LogP contribution < -0.4 is 5.32 Å². The number of nitrogens with zero attached hydrogens (tertiary/aromatic N) is 1. The topological polar surface area (TPSA) is 48.1 Å². The number of aromatic amines is 1. The van der Waals surface area contributed by atoms with Crippen LogP contribution in [0.2, 0.25) is 0 Å². The van der Waals surface area contributed by atoms with Crippen LogP contribution in [-0.4, -0.2) is 41.5 Å². The Labute approximate surface area is 148 Å². The quantitative estimate of drug-likeness (QED) is 0.841. The molecule has 5 heteroatoms. The van der Waals surface area contributed by atoms with Crippen molar-refractivity contribution in [2.75, 3.05) is 19.6 Å². The summed E-state index contributed by atoms with van der Waals surface area (Å²) < 4.78 is 13.6. The van der Waals surface area contributed by atoms with Crippen LogP contribution in [0, 0.1) is 12.7 Å². The van der Waals surface area contributed by atoms with E-state index in [2.05, 4.69) is 22.1 Å². The number of hydrogen-bond acceptors (Lipinski definition) is 2. The first-order valence-electron chi connectivity index (χ1n) is 9.35. The zero-order valence-corrected chi connectivity index (χ0v) is 15.2. The standard InChI is InChI=1S/C20H28FN3O/c1-3-16(13-24-9-5-4-6-10-24)23-20(25)12-17-14(2)22-19-8-7-15(21)11-18(17)19/h7-8,11,16,22H,3-6,9-10,12-13H2,1-2H3,(H,23,25)/t16-/m0/s1. The number of rotatable bonds is 6. The van der Waals surface area contributed by atoms with E-state index in [0.717, 1.165) is 48.2 Å². The van der Waals surface area contributed by atoms with Crippen molar-refractivity contribution in [3.05, 3.63) is 35.3 Å². The molecular formula is C20H28FN3O. The Morgan fingerprint density at radius 3 is 2.80 bits per heavy atom. The van der Waals surface area contributed by atoms with E-state index in [4.69, 9.17) is 0 Å². The van der Waals surface area contributed by atoms with Gasteiger partial charge in [-0.2, -0.15) is 0 Å². The maximum atomic E-state index is 13.6. The number of halogens is 1. The Kier molecular flexibility index (Phi) is 5.74. The van der Waals surface area contributed by atoms with Crippen LogP contribution in [-0.2, 0) is 11.2 Å².